The summed E-state index contributed by atoms with van der Waals surface area (Å²) in [5.41, 5.74) is 13.3. The Morgan fingerprint density at radius 2 is 1.68 bits per heavy atom. The number of hydrogen-bond donors (Lipinski definition) is 7. The zero-order chi connectivity index (χ0) is 27.4. The van der Waals surface area contributed by atoms with Crippen molar-refractivity contribution in [2.45, 2.75) is 63.2 Å². The Labute approximate surface area is 220 Å². The van der Waals surface area contributed by atoms with Gasteiger partial charge in [-0.2, -0.15) is 11.8 Å². The first-order chi connectivity index (χ1) is 17.7. The number of carboxylic acid groups (broad SMARTS) is 1. The molecular weight excluding hydrogens is 496 g/mol. The summed E-state index contributed by atoms with van der Waals surface area (Å²) in [5.74, 6) is -2.14. The number of fused-ring (bicyclic) bond motifs is 1. The molecule has 4 unspecified atom stereocenters. The van der Waals surface area contributed by atoms with Crippen molar-refractivity contribution < 1.29 is 24.3 Å². The van der Waals surface area contributed by atoms with Gasteiger partial charge in [0.1, 0.15) is 18.1 Å². The van der Waals surface area contributed by atoms with Crippen LogP contribution in [0.3, 0.4) is 0 Å². The van der Waals surface area contributed by atoms with E-state index in [-0.39, 0.29) is 12.8 Å². The number of rotatable bonds is 16. The van der Waals surface area contributed by atoms with Crippen LogP contribution in [0, 0.1) is 0 Å². The average molecular weight is 535 g/mol. The molecule has 11 nitrogen and oxygen atoms in total. The van der Waals surface area contributed by atoms with Gasteiger partial charge in [0, 0.05) is 23.5 Å². The lowest BCUT2D eigenvalue weighted by molar-refractivity contribution is -0.141. The van der Waals surface area contributed by atoms with Crippen molar-refractivity contribution in [2.24, 2.45) is 11.5 Å². The molecule has 0 spiro atoms. The van der Waals surface area contributed by atoms with E-state index in [1.807, 2.05) is 30.5 Å². The maximum absolute atomic E-state index is 13.4. The average Bonchev–Trinajstić information content (AvgIpc) is 3.28. The SMILES string of the molecule is CSCCC(N)C(=O)NC(Cc1c[nH]c2ccccc12)C(=O)NC(CCCCN)C(=O)NC(C)C(=O)O. The molecule has 2 aromatic rings. The van der Waals surface area contributed by atoms with Crippen LogP contribution >= 0.6 is 11.8 Å². The second kappa shape index (κ2) is 15.2. The molecule has 4 atom stereocenters. The number of benzene rings is 1. The number of nitrogens with two attached hydrogens (primary N) is 2. The summed E-state index contributed by atoms with van der Waals surface area (Å²) >= 11 is 1.57. The Morgan fingerprint density at radius 3 is 2.35 bits per heavy atom. The van der Waals surface area contributed by atoms with Crippen LogP contribution < -0.4 is 27.4 Å². The number of aromatic amines is 1. The summed E-state index contributed by atoms with van der Waals surface area (Å²) < 4.78 is 0. The van der Waals surface area contributed by atoms with E-state index in [4.69, 9.17) is 16.6 Å². The van der Waals surface area contributed by atoms with Crippen molar-refractivity contribution in [2.75, 3.05) is 18.6 Å². The van der Waals surface area contributed by atoms with E-state index in [9.17, 15) is 19.2 Å². The molecule has 9 N–H and O–H groups in total. The summed E-state index contributed by atoms with van der Waals surface area (Å²) in [6.07, 6.45) is 5.76. The van der Waals surface area contributed by atoms with Crippen molar-refractivity contribution in [1.82, 2.24) is 20.9 Å². The molecule has 0 fully saturated rings. The van der Waals surface area contributed by atoms with Gasteiger partial charge in [-0.25, -0.2) is 0 Å². The summed E-state index contributed by atoms with van der Waals surface area (Å²) in [6, 6.07) is 3.69. The number of amides is 3. The number of hydrogen-bond acceptors (Lipinski definition) is 7. The highest BCUT2D eigenvalue weighted by Gasteiger charge is 2.30. The molecule has 0 aliphatic heterocycles. The van der Waals surface area contributed by atoms with Gasteiger partial charge in [-0.15, -0.1) is 0 Å². The number of carbonyl (C=O) groups is 4. The van der Waals surface area contributed by atoms with Gasteiger partial charge in [0.25, 0.3) is 0 Å². The molecule has 1 aromatic heterocycles. The quantitative estimate of drug-likeness (QED) is 0.151. The molecule has 204 valence electrons. The van der Waals surface area contributed by atoms with Crippen LogP contribution in [0.1, 0.15) is 38.2 Å². The van der Waals surface area contributed by atoms with Gasteiger partial charge in [-0.1, -0.05) is 18.2 Å². The van der Waals surface area contributed by atoms with E-state index in [1.54, 1.807) is 18.0 Å². The number of nitrogens with one attached hydrogen (secondary N) is 4. The standard InChI is InChI=1S/C25H38N6O5S/c1-15(25(35)36)29-23(33)20(9-5-6-11-26)30-24(34)21(31-22(32)18(27)10-12-37-2)13-16-14-28-19-8-4-3-7-17(16)19/h3-4,7-8,14-15,18,20-21,28H,5-6,9-13,26-27H2,1-2H3,(H,29,33)(H,30,34)(H,31,32)(H,35,36). The maximum Gasteiger partial charge on any atom is 0.325 e. The third kappa shape index (κ3) is 9.38. The Balaban J connectivity index is 2.25. The van der Waals surface area contributed by atoms with Gasteiger partial charge in [0.15, 0.2) is 0 Å². The minimum atomic E-state index is -1.19. The first-order valence-corrected chi connectivity index (χ1v) is 13.7. The molecule has 2 rings (SSSR count). The van der Waals surface area contributed by atoms with E-state index >= 15 is 0 Å². The Morgan fingerprint density at radius 1 is 1.00 bits per heavy atom. The highest BCUT2D eigenvalue weighted by atomic mass is 32.2. The molecule has 0 bridgehead atoms. The van der Waals surface area contributed by atoms with Crippen molar-refractivity contribution in [3.8, 4) is 0 Å². The Kier molecular flexibility index (Phi) is 12.4. The van der Waals surface area contributed by atoms with Crippen LogP contribution in [0.5, 0.6) is 0 Å². The number of aromatic nitrogens is 1. The number of carboxylic acids is 1. The number of para-hydroxylation sites is 1. The van der Waals surface area contributed by atoms with E-state index in [0.717, 1.165) is 16.5 Å². The van der Waals surface area contributed by atoms with Gasteiger partial charge >= 0.3 is 5.97 Å². The van der Waals surface area contributed by atoms with Crippen LogP contribution in [0.4, 0.5) is 0 Å². The lowest BCUT2D eigenvalue weighted by atomic mass is 10.0. The Hall–Kier alpha value is -3.09. The summed E-state index contributed by atoms with van der Waals surface area (Å²) in [7, 11) is 0. The lowest BCUT2D eigenvalue weighted by Crippen LogP contribution is -2.57. The van der Waals surface area contributed by atoms with Crippen LogP contribution in [-0.2, 0) is 25.6 Å². The third-order valence-electron chi connectivity index (χ3n) is 6.01. The molecule has 0 saturated carbocycles. The van der Waals surface area contributed by atoms with Crippen molar-refractivity contribution >= 4 is 46.4 Å². The van der Waals surface area contributed by atoms with E-state index in [0.29, 0.717) is 31.6 Å². The van der Waals surface area contributed by atoms with Crippen molar-refractivity contribution in [3.63, 3.8) is 0 Å². The molecular formula is C25H38N6O5S. The fourth-order valence-electron chi connectivity index (χ4n) is 3.79. The fraction of sp³-hybridized carbons (Fsp3) is 0.520. The van der Waals surface area contributed by atoms with Crippen LogP contribution in [0.2, 0.25) is 0 Å². The zero-order valence-corrected chi connectivity index (χ0v) is 22.1. The predicted octanol–water partition coefficient (Wildman–Crippen LogP) is 0.479. The Bertz CT molecular complexity index is 1060. The largest absolute Gasteiger partial charge is 0.480 e. The van der Waals surface area contributed by atoms with Crippen LogP contribution in [0.25, 0.3) is 10.9 Å². The minimum Gasteiger partial charge on any atom is -0.480 e. The summed E-state index contributed by atoms with van der Waals surface area (Å²) in [4.78, 5) is 53.4. The highest BCUT2D eigenvalue weighted by molar-refractivity contribution is 7.98. The first kappa shape index (κ1) is 30.1. The second-order valence-electron chi connectivity index (χ2n) is 8.93. The van der Waals surface area contributed by atoms with Gasteiger partial charge in [0.2, 0.25) is 17.7 Å². The normalized spacial score (nSPS) is 14.4. The topological polar surface area (TPSA) is 192 Å². The second-order valence-corrected chi connectivity index (χ2v) is 9.91. The van der Waals surface area contributed by atoms with Gasteiger partial charge in [-0.3, -0.25) is 19.2 Å². The predicted molar refractivity (Wildman–Crippen MR) is 145 cm³/mol. The number of H-pyrrole nitrogens is 1. The molecule has 3 amide bonds. The number of carbonyl (C=O) groups excluding carboxylic acids is 3. The number of unbranched alkanes of at least 4 members (excludes halogenated alkanes) is 1. The zero-order valence-electron chi connectivity index (χ0n) is 21.3. The molecule has 1 heterocycles. The van der Waals surface area contributed by atoms with Crippen LogP contribution in [-0.4, -0.2) is 76.5 Å². The first-order valence-electron chi connectivity index (χ1n) is 12.3. The molecule has 12 heteroatoms. The lowest BCUT2D eigenvalue weighted by Gasteiger charge is -2.25. The molecule has 1 aromatic carbocycles. The highest BCUT2D eigenvalue weighted by Crippen LogP contribution is 2.19. The van der Waals surface area contributed by atoms with Gasteiger partial charge in [0.05, 0.1) is 6.04 Å². The molecule has 37 heavy (non-hydrogen) atoms. The van der Waals surface area contributed by atoms with Crippen molar-refractivity contribution in [3.05, 3.63) is 36.0 Å². The van der Waals surface area contributed by atoms with Crippen LogP contribution in [0.15, 0.2) is 30.5 Å². The van der Waals surface area contributed by atoms with Crippen molar-refractivity contribution in [1.29, 1.82) is 0 Å². The van der Waals surface area contributed by atoms with E-state index < -0.39 is 47.9 Å². The van der Waals surface area contributed by atoms with Gasteiger partial charge in [-0.05, 0) is 62.8 Å². The molecule has 0 aliphatic carbocycles. The fourth-order valence-corrected chi connectivity index (χ4v) is 4.28. The molecule has 0 radical (unpaired) electrons. The minimum absolute atomic E-state index is 0.166. The smallest absolute Gasteiger partial charge is 0.325 e. The van der Waals surface area contributed by atoms with Gasteiger partial charge < -0.3 is 37.5 Å². The monoisotopic (exact) mass is 534 g/mol. The molecule has 0 saturated heterocycles. The summed E-state index contributed by atoms with van der Waals surface area (Å²) in [6.45, 7) is 1.76. The van der Waals surface area contributed by atoms with E-state index in [2.05, 4.69) is 20.9 Å². The number of aliphatic carboxylic acids is 1. The number of thioether (sulfide) groups is 1. The molecule has 0 aliphatic rings. The summed E-state index contributed by atoms with van der Waals surface area (Å²) in [5, 5.41) is 17.9. The maximum atomic E-state index is 13.4. The van der Waals surface area contributed by atoms with E-state index in [1.165, 1.54) is 6.92 Å². The third-order valence-corrected chi connectivity index (χ3v) is 6.65.